The van der Waals surface area contributed by atoms with E-state index in [0.29, 0.717) is 29.3 Å². The van der Waals surface area contributed by atoms with E-state index in [2.05, 4.69) is 0 Å². The van der Waals surface area contributed by atoms with Crippen molar-refractivity contribution in [3.05, 3.63) is 65.2 Å². The van der Waals surface area contributed by atoms with Crippen molar-refractivity contribution in [2.75, 3.05) is 13.1 Å². The Kier molecular flexibility index (Phi) is 6.31. The fraction of sp³-hybridized carbons (Fsp3) is 0.364. The Morgan fingerprint density at radius 2 is 2.00 bits per heavy atom. The molecule has 28 heavy (non-hydrogen) atoms. The van der Waals surface area contributed by atoms with Crippen molar-refractivity contribution in [3.8, 4) is 5.75 Å². The van der Waals surface area contributed by atoms with Crippen molar-refractivity contribution in [2.24, 2.45) is 17.4 Å². The normalized spacial score (nSPS) is 17.8. The first-order valence-corrected chi connectivity index (χ1v) is 9.61. The second-order valence-corrected chi connectivity index (χ2v) is 7.36. The number of carbonyl (C=O) groups is 2. The molecule has 0 spiro atoms. The maximum atomic E-state index is 12.9. The van der Waals surface area contributed by atoms with E-state index in [1.807, 2.05) is 36.1 Å². The molecule has 1 heterocycles. The highest BCUT2D eigenvalue weighted by Gasteiger charge is 2.26. The van der Waals surface area contributed by atoms with Gasteiger partial charge in [-0.25, -0.2) is 0 Å². The van der Waals surface area contributed by atoms with Gasteiger partial charge in [-0.05, 0) is 55.5 Å². The number of amides is 2. The lowest BCUT2D eigenvalue weighted by Crippen LogP contribution is -2.45. The van der Waals surface area contributed by atoms with E-state index in [0.717, 1.165) is 24.9 Å². The quantitative estimate of drug-likeness (QED) is 0.803. The first-order valence-electron chi connectivity index (χ1n) is 9.61. The molecule has 1 aliphatic heterocycles. The molecule has 2 aromatic carbocycles. The molecule has 6 heteroatoms. The van der Waals surface area contributed by atoms with Crippen LogP contribution in [0.3, 0.4) is 0 Å². The molecule has 2 atom stereocenters. The largest absolute Gasteiger partial charge is 0.488 e. The number of para-hydroxylation sites is 1. The lowest BCUT2D eigenvalue weighted by molar-refractivity contribution is 0.0660. The minimum atomic E-state index is -0.534. The second-order valence-electron chi connectivity index (χ2n) is 7.36. The third-order valence-electron chi connectivity index (χ3n) is 5.21. The minimum absolute atomic E-state index is 0.0183. The number of likely N-dealkylation sites (tertiary alicyclic amines) is 1. The molecule has 4 N–H and O–H groups in total. The Morgan fingerprint density at radius 1 is 1.21 bits per heavy atom. The number of hydrogen-bond acceptors (Lipinski definition) is 4. The van der Waals surface area contributed by atoms with E-state index in [1.165, 1.54) is 0 Å². The molecule has 1 saturated heterocycles. The summed E-state index contributed by atoms with van der Waals surface area (Å²) in [6.45, 7) is 3.70. The highest BCUT2D eigenvalue weighted by Crippen LogP contribution is 2.22. The van der Waals surface area contributed by atoms with E-state index in [1.54, 1.807) is 24.3 Å². The summed E-state index contributed by atoms with van der Waals surface area (Å²) in [5, 5.41) is 0. The van der Waals surface area contributed by atoms with Crippen LogP contribution in [0.5, 0.6) is 5.75 Å². The third-order valence-corrected chi connectivity index (χ3v) is 5.21. The molecule has 1 fully saturated rings. The van der Waals surface area contributed by atoms with Crippen LogP contribution in [0.2, 0.25) is 0 Å². The van der Waals surface area contributed by atoms with Crippen molar-refractivity contribution in [1.29, 1.82) is 0 Å². The predicted molar refractivity (Wildman–Crippen MR) is 108 cm³/mol. The van der Waals surface area contributed by atoms with Crippen molar-refractivity contribution < 1.29 is 14.3 Å². The smallest absolute Gasteiger partial charge is 0.253 e. The van der Waals surface area contributed by atoms with Crippen LogP contribution < -0.4 is 16.2 Å². The molecule has 0 bridgehead atoms. The van der Waals surface area contributed by atoms with E-state index in [9.17, 15) is 9.59 Å². The minimum Gasteiger partial charge on any atom is -0.488 e. The molecular weight excluding hydrogens is 354 g/mol. The van der Waals surface area contributed by atoms with Crippen LogP contribution in [0.1, 0.15) is 46.0 Å². The van der Waals surface area contributed by atoms with Gasteiger partial charge in [-0.2, -0.15) is 0 Å². The summed E-state index contributed by atoms with van der Waals surface area (Å²) in [5.74, 6) is 0.259. The summed E-state index contributed by atoms with van der Waals surface area (Å²) in [6, 6.07) is 14.3. The van der Waals surface area contributed by atoms with Gasteiger partial charge in [0.1, 0.15) is 12.4 Å². The van der Waals surface area contributed by atoms with E-state index < -0.39 is 5.91 Å². The van der Waals surface area contributed by atoms with Crippen LogP contribution in [-0.2, 0) is 6.61 Å². The van der Waals surface area contributed by atoms with E-state index in [-0.39, 0.29) is 18.6 Å². The molecule has 3 rings (SSSR count). The zero-order chi connectivity index (χ0) is 20.1. The van der Waals surface area contributed by atoms with Gasteiger partial charge in [-0.1, -0.05) is 24.3 Å². The zero-order valence-corrected chi connectivity index (χ0v) is 16.1. The van der Waals surface area contributed by atoms with Crippen LogP contribution >= 0.6 is 0 Å². The third kappa shape index (κ3) is 4.70. The molecule has 0 saturated carbocycles. The Labute approximate surface area is 165 Å². The highest BCUT2D eigenvalue weighted by atomic mass is 16.5. The number of benzene rings is 2. The van der Waals surface area contributed by atoms with Gasteiger partial charge in [0, 0.05) is 24.7 Å². The van der Waals surface area contributed by atoms with Gasteiger partial charge < -0.3 is 21.1 Å². The Hall–Kier alpha value is -2.86. The van der Waals surface area contributed by atoms with Crippen LogP contribution in [0, 0.1) is 5.92 Å². The van der Waals surface area contributed by atoms with Gasteiger partial charge >= 0.3 is 0 Å². The monoisotopic (exact) mass is 381 g/mol. The summed E-state index contributed by atoms with van der Waals surface area (Å²) in [6.07, 6.45) is 2.04. The lowest BCUT2D eigenvalue weighted by Gasteiger charge is -2.34. The number of rotatable bonds is 6. The molecule has 1 aliphatic rings. The number of carbonyl (C=O) groups excluding carboxylic acids is 2. The molecular formula is C22H27N3O3. The van der Waals surface area contributed by atoms with Crippen molar-refractivity contribution >= 4 is 11.8 Å². The number of nitrogens with zero attached hydrogens (tertiary/aromatic N) is 1. The first kappa shape index (κ1) is 19.9. The predicted octanol–water partition coefficient (Wildman–Crippen LogP) is 2.56. The van der Waals surface area contributed by atoms with Gasteiger partial charge in [0.15, 0.2) is 0 Å². The van der Waals surface area contributed by atoms with Gasteiger partial charge in [-0.3, -0.25) is 9.59 Å². The van der Waals surface area contributed by atoms with Gasteiger partial charge in [0.25, 0.3) is 11.8 Å². The highest BCUT2D eigenvalue weighted by molar-refractivity contribution is 5.95. The van der Waals surface area contributed by atoms with Gasteiger partial charge in [0.05, 0.1) is 5.56 Å². The second kappa shape index (κ2) is 8.89. The molecule has 0 radical (unpaired) electrons. The maximum Gasteiger partial charge on any atom is 0.253 e. The van der Waals surface area contributed by atoms with Crippen LogP contribution in [0.4, 0.5) is 0 Å². The van der Waals surface area contributed by atoms with Crippen LogP contribution in [0.25, 0.3) is 0 Å². The van der Waals surface area contributed by atoms with E-state index in [4.69, 9.17) is 16.2 Å². The Balaban J connectivity index is 1.69. The molecule has 0 aliphatic carbocycles. The summed E-state index contributed by atoms with van der Waals surface area (Å²) in [7, 11) is 0. The fourth-order valence-corrected chi connectivity index (χ4v) is 3.56. The Morgan fingerprint density at radius 3 is 2.75 bits per heavy atom. The molecule has 2 aromatic rings. The topological polar surface area (TPSA) is 98.7 Å². The number of ether oxygens (including phenoxy) is 1. The van der Waals surface area contributed by atoms with Crippen LogP contribution in [-0.4, -0.2) is 35.8 Å². The number of nitrogens with two attached hydrogens (primary N) is 2. The van der Waals surface area contributed by atoms with Crippen molar-refractivity contribution in [3.63, 3.8) is 0 Å². The van der Waals surface area contributed by atoms with Gasteiger partial charge in [-0.15, -0.1) is 0 Å². The average molecular weight is 381 g/mol. The van der Waals surface area contributed by atoms with Crippen molar-refractivity contribution in [2.45, 2.75) is 32.4 Å². The number of primary amides is 1. The summed E-state index contributed by atoms with van der Waals surface area (Å²) in [4.78, 5) is 26.3. The summed E-state index contributed by atoms with van der Waals surface area (Å²) < 4.78 is 5.77. The standard InChI is InChI=1S/C22H27N3O3/c1-15(23)18-8-5-11-25(13-18)22(27)17-7-4-6-16(12-17)14-28-20-10-3-2-9-19(20)21(24)26/h2-4,6-7,9-10,12,15,18H,5,8,11,13-14,23H2,1H3,(H2,24,26). The number of piperidine rings is 1. The zero-order valence-electron chi connectivity index (χ0n) is 16.1. The molecule has 2 unspecified atom stereocenters. The summed E-state index contributed by atoms with van der Waals surface area (Å²) >= 11 is 0. The van der Waals surface area contributed by atoms with E-state index >= 15 is 0 Å². The first-order chi connectivity index (χ1) is 13.5. The molecule has 148 valence electrons. The molecule has 6 nitrogen and oxygen atoms in total. The molecule has 0 aromatic heterocycles. The Bertz CT molecular complexity index is 850. The molecule has 2 amide bonds. The maximum absolute atomic E-state index is 12.9. The van der Waals surface area contributed by atoms with Crippen molar-refractivity contribution in [1.82, 2.24) is 4.90 Å². The van der Waals surface area contributed by atoms with Gasteiger partial charge in [0.2, 0.25) is 0 Å². The SMILES string of the molecule is CC(N)C1CCCN(C(=O)c2cccc(COc3ccccc3C(N)=O)c2)C1. The number of hydrogen-bond donors (Lipinski definition) is 2. The average Bonchev–Trinajstić information content (AvgIpc) is 2.72. The summed E-state index contributed by atoms with van der Waals surface area (Å²) in [5.41, 5.74) is 13.2. The van der Waals surface area contributed by atoms with Crippen LogP contribution in [0.15, 0.2) is 48.5 Å². The lowest BCUT2D eigenvalue weighted by atomic mass is 9.92. The fourth-order valence-electron chi connectivity index (χ4n) is 3.56.